The van der Waals surface area contributed by atoms with Gasteiger partial charge in [0.1, 0.15) is 18.2 Å². The summed E-state index contributed by atoms with van der Waals surface area (Å²) < 4.78 is 19.8. The van der Waals surface area contributed by atoms with Crippen molar-refractivity contribution in [1.82, 2.24) is 10.3 Å². The minimum absolute atomic E-state index is 0.295. The average molecular weight is 427 g/mol. The number of hydrogen-bond donors (Lipinski definition) is 2. The molecule has 0 aliphatic heterocycles. The Labute approximate surface area is 185 Å². The van der Waals surface area contributed by atoms with Crippen molar-refractivity contribution in [3.63, 3.8) is 0 Å². The summed E-state index contributed by atoms with van der Waals surface area (Å²) in [6.45, 7) is 0.714. The van der Waals surface area contributed by atoms with E-state index in [4.69, 9.17) is 4.74 Å². The molecule has 160 valence electrons. The van der Waals surface area contributed by atoms with Crippen molar-refractivity contribution < 1.29 is 13.9 Å². The number of anilines is 1. The number of amides is 2. The van der Waals surface area contributed by atoms with E-state index in [-0.39, 0.29) is 11.8 Å². The van der Waals surface area contributed by atoms with Crippen LogP contribution in [0.15, 0.2) is 97.3 Å². The number of rotatable bonds is 7. The molecule has 0 fully saturated rings. The molecule has 4 rings (SSSR count). The molecule has 2 amide bonds. The van der Waals surface area contributed by atoms with Gasteiger partial charge in [-0.3, -0.25) is 4.98 Å². The van der Waals surface area contributed by atoms with E-state index in [1.807, 2.05) is 66.7 Å². The zero-order chi connectivity index (χ0) is 22.2. The molecule has 4 aromatic rings. The summed E-state index contributed by atoms with van der Waals surface area (Å²) in [5, 5.41) is 5.59. The summed E-state index contributed by atoms with van der Waals surface area (Å²) in [7, 11) is 0. The third kappa shape index (κ3) is 5.70. The van der Waals surface area contributed by atoms with Gasteiger partial charge in [-0.15, -0.1) is 0 Å². The van der Waals surface area contributed by atoms with Gasteiger partial charge in [-0.1, -0.05) is 48.5 Å². The van der Waals surface area contributed by atoms with E-state index in [9.17, 15) is 9.18 Å². The number of pyridine rings is 1. The molecule has 32 heavy (non-hydrogen) atoms. The summed E-state index contributed by atoms with van der Waals surface area (Å²) >= 11 is 0. The Morgan fingerprint density at radius 3 is 2.47 bits per heavy atom. The minimum Gasteiger partial charge on any atom is -0.488 e. The van der Waals surface area contributed by atoms with Crippen LogP contribution in [0.25, 0.3) is 11.1 Å². The quantitative estimate of drug-likeness (QED) is 0.392. The number of carbonyl (C=O) groups is 1. The zero-order valence-corrected chi connectivity index (χ0v) is 17.3. The maximum absolute atomic E-state index is 13.8. The number of urea groups is 1. The second-order valence-corrected chi connectivity index (χ2v) is 7.16. The lowest BCUT2D eigenvalue weighted by molar-refractivity contribution is 0.251. The number of carbonyl (C=O) groups excluding carboxylic acids is 1. The van der Waals surface area contributed by atoms with Crippen LogP contribution in [-0.2, 0) is 13.2 Å². The van der Waals surface area contributed by atoms with Crippen molar-refractivity contribution in [2.24, 2.45) is 0 Å². The van der Waals surface area contributed by atoms with Gasteiger partial charge >= 0.3 is 6.03 Å². The third-order valence-corrected chi connectivity index (χ3v) is 4.81. The van der Waals surface area contributed by atoms with Gasteiger partial charge in [0.25, 0.3) is 0 Å². The molecule has 1 aromatic heterocycles. The number of hydrogen-bond acceptors (Lipinski definition) is 3. The molecule has 6 heteroatoms. The van der Waals surface area contributed by atoms with E-state index in [1.54, 1.807) is 18.5 Å². The molecule has 0 saturated carbocycles. The SMILES string of the molecule is O=C(NCc1cccnc1)Nc1ccc(COc2ccc(F)cc2-c2ccccc2)cc1. The highest BCUT2D eigenvalue weighted by Crippen LogP contribution is 2.31. The van der Waals surface area contributed by atoms with Crippen LogP contribution in [0, 0.1) is 5.82 Å². The number of ether oxygens (including phenoxy) is 1. The lowest BCUT2D eigenvalue weighted by Crippen LogP contribution is -2.28. The Bertz CT molecular complexity index is 1170. The molecule has 0 bridgehead atoms. The number of benzene rings is 3. The number of nitrogens with one attached hydrogen (secondary N) is 2. The molecule has 5 nitrogen and oxygen atoms in total. The standard InChI is InChI=1S/C26H22FN3O2/c27-22-10-13-25(24(15-22)21-6-2-1-3-7-21)32-18-19-8-11-23(12-9-19)30-26(31)29-17-20-5-4-14-28-16-20/h1-16H,17-18H2,(H2,29,30,31). The molecular formula is C26H22FN3O2. The van der Waals surface area contributed by atoms with Gasteiger partial charge in [-0.25, -0.2) is 9.18 Å². The molecule has 0 aliphatic rings. The summed E-state index contributed by atoms with van der Waals surface area (Å²) in [4.78, 5) is 16.1. The van der Waals surface area contributed by atoms with Crippen LogP contribution in [0.5, 0.6) is 5.75 Å². The molecule has 0 unspecified atom stereocenters. The average Bonchev–Trinajstić information content (AvgIpc) is 2.84. The van der Waals surface area contributed by atoms with E-state index in [1.165, 1.54) is 12.1 Å². The highest BCUT2D eigenvalue weighted by Gasteiger charge is 2.09. The van der Waals surface area contributed by atoms with Gasteiger partial charge in [0, 0.05) is 30.2 Å². The first-order valence-corrected chi connectivity index (χ1v) is 10.2. The van der Waals surface area contributed by atoms with Crippen molar-refractivity contribution in [2.75, 3.05) is 5.32 Å². The molecule has 3 aromatic carbocycles. The third-order valence-electron chi connectivity index (χ3n) is 4.81. The van der Waals surface area contributed by atoms with Crippen LogP contribution in [-0.4, -0.2) is 11.0 Å². The van der Waals surface area contributed by atoms with Crippen LogP contribution < -0.4 is 15.4 Å². The van der Waals surface area contributed by atoms with Crippen LogP contribution in [0.1, 0.15) is 11.1 Å². The molecule has 0 saturated heterocycles. The largest absolute Gasteiger partial charge is 0.488 e. The lowest BCUT2D eigenvalue weighted by atomic mass is 10.0. The van der Waals surface area contributed by atoms with Gasteiger partial charge < -0.3 is 15.4 Å². The Kier molecular flexibility index (Phi) is 6.72. The van der Waals surface area contributed by atoms with E-state index in [2.05, 4.69) is 15.6 Å². The Morgan fingerprint density at radius 1 is 0.906 bits per heavy atom. The van der Waals surface area contributed by atoms with Crippen molar-refractivity contribution in [3.05, 3.63) is 114 Å². The number of nitrogens with zero attached hydrogens (tertiary/aromatic N) is 1. The highest BCUT2D eigenvalue weighted by molar-refractivity contribution is 5.89. The molecule has 1 heterocycles. The van der Waals surface area contributed by atoms with E-state index in [0.29, 0.717) is 30.2 Å². The predicted molar refractivity (Wildman–Crippen MR) is 123 cm³/mol. The van der Waals surface area contributed by atoms with Gasteiger partial charge in [0.15, 0.2) is 0 Å². The number of halogens is 1. The van der Waals surface area contributed by atoms with Crippen LogP contribution in [0.2, 0.25) is 0 Å². The summed E-state index contributed by atoms with van der Waals surface area (Å²) in [6.07, 6.45) is 3.40. The minimum atomic E-state index is -0.312. The first kappa shape index (κ1) is 21.1. The molecule has 0 atom stereocenters. The van der Waals surface area contributed by atoms with Gasteiger partial charge in [-0.05, 0) is 53.1 Å². The van der Waals surface area contributed by atoms with Crippen LogP contribution in [0.4, 0.5) is 14.9 Å². The van der Waals surface area contributed by atoms with Crippen LogP contribution >= 0.6 is 0 Å². The maximum Gasteiger partial charge on any atom is 0.319 e. The van der Waals surface area contributed by atoms with Crippen molar-refractivity contribution >= 4 is 11.7 Å². The lowest BCUT2D eigenvalue weighted by Gasteiger charge is -2.13. The molecule has 2 N–H and O–H groups in total. The number of aromatic nitrogens is 1. The Morgan fingerprint density at radius 2 is 1.72 bits per heavy atom. The van der Waals surface area contributed by atoms with Gasteiger partial charge in [0.05, 0.1) is 0 Å². The summed E-state index contributed by atoms with van der Waals surface area (Å²) in [5.41, 5.74) is 4.11. The van der Waals surface area contributed by atoms with E-state index < -0.39 is 0 Å². The monoisotopic (exact) mass is 427 g/mol. The maximum atomic E-state index is 13.8. The fourth-order valence-corrected chi connectivity index (χ4v) is 3.18. The molecule has 0 aliphatic carbocycles. The summed E-state index contributed by atoms with van der Waals surface area (Å²) in [5.74, 6) is 0.294. The first-order valence-electron chi connectivity index (χ1n) is 10.2. The Hall–Kier alpha value is -4.19. The topological polar surface area (TPSA) is 63.2 Å². The van der Waals surface area contributed by atoms with Crippen molar-refractivity contribution in [2.45, 2.75) is 13.2 Å². The second kappa shape index (κ2) is 10.2. The first-order chi connectivity index (χ1) is 15.7. The normalized spacial score (nSPS) is 10.4. The van der Waals surface area contributed by atoms with Gasteiger partial charge in [0.2, 0.25) is 0 Å². The zero-order valence-electron chi connectivity index (χ0n) is 17.3. The Balaban J connectivity index is 1.34. The van der Waals surface area contributed by atoms with E-state index in [0.717, 1.165) is 16.7 Å². The fraction of sp³-hybridized carbons (Fsp3) is 0.0769. The van der Waals surface area contributed by atoms with Crippen molar-refractivity contribution in [3.8, 4) is 16.9 Å². The van der Waals surface area contributed by atoms with Crippen molar-refractivity contribution in [1.29, 1.82) is 0 Å². The summed E-state index contributed by atoms with van der Waals surface area (Å²) in [6, 6.07) is 24.9. The highest BCUT2D eigenvalue weighted by atomic mass is 19.1. The molecule has 0 radical (unpaired) electrons. The van der Waals surface area contributed by atoms with Crippen LogP contribution in [0.3, 0.4) is 0 Å². The fourth-order valence-electron chi connectivity index (χ4n) is 3.18. The molecule has 0 spiro atoms. The molecular weight excluding hydrogens is 405 g/mol. The van der Waals surface area contributed by atoms with E-state index >= 15 is 0 Å². The smallest absolute Gasteiger partial charge is 0.319 e. The second-order valence-electron chi connectivity index (χ2n) is 7.16. The predicted octanol–water partition coefficient (Wildman–Crippen LogP) is 5.79. The van der Waals surface area contributed by atoms with Gasteiger partial charge in [-0.2, -0.15) is 0 Å².